The number of nitrogens with one attached hydrogen (secondary N) is 1. The molecule has 1 amide bonds. The summed E-state index contributed by atoms with van der Waals surface area (Å²) in [6.07, 6.45) is 2.39. The van der Waals surface area contributed by atoms with E-state index in [4.69, 9.17) is 4.84 Å². The van der Waals surface area contributed by atoms with Gasteiger partial charge in [0.1, 0.15) is 6.10 Å². The molecule has 14 heavy (non-hydrogen) atoms. The largest absolute Gasteiger partial charge is 0.316 e. The van der Waals surface area contributed by atoms with Crippen LogP contribution >= 0.6 is 0 Å². The Bertz CT molecular complexity index is 269. The maximum absolute atomic E-state index is 11.8. The predicted molar refractivity (Wildman–Crippen MR) is 50.2 cm³/mol. The van der Waals surface area contributed by atoms with Gasteiger partial charge in [0.15, 0.2) is 0 Å². The van der Waals surface area contributed by atoms with Gasteiger partial charge in [0.2, 0.25) is 0 Å². The SMILES string of the molecule is CN1O[C@@H]2[C@H]3CNC[C@H](C3)C[C@@H]2C1=O. The van der Waals surface area contributed by atoms with Gasteiger partial charge in [-0.05, 0) is 25.3 Å². The Kier molecular flexibility index (Phi) is 1.82. The summed E-state index contributed by atoms with van der Waals surface area (Å²) in [6.45, 7) is 2.09. The topological polar surface area (TPSA) is 41.6 Å². The van der Waals surface area contributed by atoms with Crippen LogP contribution in [0.2, 0.25) is 0 Å². The molecular weight excluding hydrogens is 180 g/mol. The highest BCUT2D eigenvalue weighted by Gasteiger charge is 2.50. The Morgan fingerprint density at radius 3 is 3.14 bits per heavy atom. The standard InChI is InChI=1S/C10H16N2O2/c1-12-10(13)8-3-6-2-7(5-11-4-6)9(8)14-12/h6-9,11H,2-5H2,1H3/t6-,7-,8+,9-/m1/s1. The minimum Gasteiger partial charge on any atom is -0.316 e. The average Bonchev–Trinajstić information content (AvgIpc) is 2.46. The molecule has 3 aliphatic rings. The number of rotatable bonds is 0. The summed E-state index contributed by atoms with van der Waals surface area (Å²) in [6, 6.07) is 0. The van der Waals surface area contributed by atoms with Gasteiger partial charge in [0, 0.05) is 19.5 Å². The lowest BCUT2D eigenvalue weighted by atomic mass is 9.71. The van der Waals surface area contributed by atoms with Crippen molar-refractivity contribution in [3.8, 4) is 0 Å². The molecule has 1 saturated carbocycles. The molecule has 0 spiro atoms. The maximum Gasteiger partial charge on any atom is 0.251 e. The van der Waals surface area contributed by atoms with E-state index in [1.54, 1.807) is 7.05 Å². The molecule has 4 nitrogen and oxygen atoms in total. The van der Waals surface area contributed by atoms with Gasteiger partial charge >= 0.3 is 0 Å². The quantitative estimate of drug-likeness (QED) is 0.593. The third-order valence-corrected chi connectivity index (χ3v) is 3.83. The molecule has 0 radical (unpaired) electrons. The minimum atomic E-state index is 0.144. The van der Waals surface area contributed by atoms with Crippen molar-refractivity contribution in [3.05, 3.63) is 0 Å². The zero-order valence-corrected chi connectivity index (χ0v) is 8.40. The summed E-state index contributed by atoms with van der Waals surface area (Å²) >= 11 is 0. The number of hydrogen-bond acceptors (Lipinski definition) is 3. The van der Waals surface area contributed by atoms with Crippen LogP contribution in [0.1, 0.15) is 12.8 Å². The highest BCUT2D eigenvalue weighted by atomic mass is 16.7. The number of carbonyl (C=O) groups excluding carboxylic acids is 1. The second kappa shape index (κ2) is 2.94. The molecule has 2 heterocycles. The Balaban J connectivity index is 1.86. The summed E-state index contributed by atoms with van der Waals surface area (Å²) in [5.41, 5.74) is 0. The average molecular weight is 196 g/mol. The van der Waals surface area contributed by atoms with Crippen LogP contribution in [-0.2, 0) is 9.63 Å². The number of hydroxylamine groups is 2. The van der Waals surface area contributed by atoms with E-state index >= 15 is 0 Å². The van der Waals surface area contributed by atoms with Crippen LogP contribution in [0.3, 0.4) is 0 Å². The van der Waals surface area contributed by atoms with Crippen LogP contribution < -0.4 is 5.32 Å². The maximum atomic E-state index is 11.8. The van der Waals surface area contributed by atoms with Crippen molar-refractivity contribution in [2.24, 2.45) is 17.8 Å². The van der Waals surface area contributed by atoms with Gasteiger partial charge in [0.25, 0.3) is 5.91 Å². The van der Waals surface area contributed by atoms with Crippen molar-refractivity contribution in [3.63, 3.8) is 0 Å². The molecule has 2 bridgehead atoms. The van der Waals surface area contributed by atoms with Crippen molar-refractivity contribution in [2.75, 3.05) is 20.1 Å². The molecule has 3 fully saturated rings. The molecule has 4 heteroatoms. The van der Waals surface area contributed by atoms with Gasteiger partial charge in [0.05, 0.1) is 5.92 Å². The third-order valence-electron chi connectivity index (χ3n) is 3.83. The third kappa shape index (κ3) is 1.10. The lowest BCUT2D eigenvalue weighted by Gasteiger charge is -2.39. The molecular formula is C10H16N2O2. The van der Waals surface area contributed by atoms with Crippen molar-refractivity contribution >= 4 is 5.91 Å². The minimum absolute atomic E-state index is 0.144. The number of carbonyl (C=O) groups is 1. The van der Waals surface area contributed by atoms with Crippen LogP contribution in [0.25, 0.3) is 0 Å². The van der Waals surface area contributed by atoms with E-state index in [1.165, 1.54) is 11.5 Å². The second-order valence-corrected chi connectivity index (χ2v) is 4.77. The van der Waals surface area contributed by atoms with E-state index in [0.717, 1.165) is 19.5 Å². The molecule has 78 valence electrons. The molecule has 0 unspecified atom stereocenters. The first-order chi connectivity index (χ1) is 6.75. The van der Waals surface area contributed by atoms with E-state index in [-0.39, 0.29) is 17.9 Å². The number of amides is 1. The summed E-state index contributed by atoms with van der Waals surface area (Å²) < 4.78 is 0. The van der Waals surface area contributed by atoms with Crippen molar-refractivity contribution < 1.29 is 9.63 Å². The van der Waals surface area contributed by atoms with Crippen LogP contribution in [0.5, 0.6) is 0 Å². The van der Waals surface area contributed by atoms with Gasteiger partial charge in [-0.3, -0.25) is 9.63 Å². The van der Waals surface area contributed by atoms with Gasteiger partial charge in [-0.2, -0.15) is 0 Å². The second-order valence-electron chi connectivity index (χ2n) is 4.77. The first-order valence-corrected chi connectivity index (χ1v) is 5.41. The zero-order valence-electron chi connectivity index (χ0n) is 8.40. The summed E-state index contributed by atoms with van der Waals surface area (Å²) in [7, 11) is 1.73. The van der Waals surface area contributed by atoms with Crippen molar-refractivity contribution in [1.82, 2.24) is 10.4 Å². The molecule has 1 aliphatic carbocycles. The molecule has 0 aromatic carbocycles. The van der Waals surface area contributed by atoms with Crippen molar-refractivity contribution in [2.45, 2.75) is 18.9 Å². The van der Waals surface area contributed by atoms with Crippen LogP contribution in [0.4, 0.5) is 0 Å². The Labute approximate surface area is 83.5 Å². The molecule has 2 aliphatic heterocycles. The molecule has 2 saturated heterocycles. The first kappa shape index (κ1) is 8.68. The lowest BCUT2D eigenvalue weighted by molar-refractivity contribution is -0.172. The first-order valence-electron chi connectivity index (χ1n) is 5.41. The normalized spacial score (nSPS) is 46.6. The van der Waals surface area contributed by atoms with E-state index < -0.39 is 0 Å². The Hall–Kier alpha value is -0.610. The fourth-order valence-electron chi connectivity index (χ4n) is 3.19. The smallest absolute Gasteiger partial charge is 0.251 e. The number of fused-ring (bicyclic) bond motifs is 4. The van der Waals surface area contributed by atoms with Crippen LogP contribution in [0, 0.1) is 17.8 Å². The van der Waals surface area contributed by atoms with Crippen molar-refractivity contribution in [1.29, 1.82) is 0 Å². The fraction of sp³-hybridized carbons (Fsp3) is 0.900. The van der Waals surface area contributed by atoms with Gasteiger partial charge in [-0.1, -0.05) is 0 Å². The highest BCUT2D eigenvalue weighted by molar-refractivity contribution is 5.80. The van der Waals surface area contributed by atoms with E-state index in [1.807, 2.05) is 0 Å². The summed E-state index contributed by atoms with van der Waals surface area (Å²) in [4.78, 5) is 17.4. The van der Waals surface area contributed by atoms with Gasteiger partial charge in [-0.15, -0.1) is 0 Å². The van der Waals surface area contributed by atoms with Crippen LogP contribution in [-0.4, -0.2) is 37.2 Å². The monoisotopic (exact) mass is 196 g/mol. The molecule has 0 aromatic rings. The van der Waals surface area contributed by atoms with Gasteiger partial charge in [-0.25, -0.2) is 5.06 Å². The van der Waals surface area contributed by atoms with E-state index in [0.29, 0.717) is 11.8 Å². The fourth-order valence-corrected chi connectivity index (χ4v) is 3.19. The Morgan fingerprint density at radius 2 is 2.29 bits per heavy atom. The molecule has 4 atom stereocenters. The van der Waals surface area contributed by atoms with Crippen LogP contribution in [0.15, 0.2) is 0 Å². The van der Waals surface area contributed by atoms with E-state index in [9.17, 15) is 4.79 Å². The number of piperidine rings is 1. The summed E-state index contributed by atoms with van der Waals surface area (Å²) in [5.74, 6) is 1.56. The number of nitrogens with zero attached hydrogens (tertiary/aromatic N) is 1. The predicted octanol–water partition coefficient (Wildman–Crippen LogP) is 0.00420. The molecule has 1 N–H and O–H groups in total. The molecule has 3 rings (SSSR count). The molecule has 0 aromatic heterocycles. The summed E-state index contributed by atoms with van der Waals surface area (Å²) in [5, 5.41) is 4.86. The Morgan fingerprint density at radius 1 is 1.43 bits per heavy atom. The zero-order chi connectivity index (χ0) is 9.71. The van der Waals surface area contributed by atoms with Gasteiger partial charge < -0.3 is 5.32 Å². The lowest BCUT2D eigenvalue weighted by Crippen LogP contribution is -2.49. The number of hydrogen-bond donors (Lipinski definition) is 1. The highest BCUT2D eigenvalue weighted by Crippen LogP contribution is 2.41. The van der Waals surface area contributed by atoms with E-state index in [2.05, 4.69) is 5.32 Å².